The van der Waals surface area contributed by atoms with Crippen LogP contribution >= 0.6 is 0 Å². The van der Waals surface area contributed by atoms with Gasteiger partial charge in [0, 0.05) is 66.0 Å². The molecule has 12 nitrogen and oxygen atoms in total. The molecule has 5 aromatic carbocycles. The third kappa shape index (κ3) is 5.10. The Hall–Kier alpha value is -4.56. The Balaban J connectivity index is 1.22. The molecule has 7 rings (SSSR count). The standard InChI is InChI=1S/C35H38N8O4/c36-11-1-12-38-14-15-39-13-2-16-42-32(44)24-7-3-20-22-5-9-26-31-27(35(47)43(34(26)46)19-41-18-40-17-37)10-6-23(29(22)31)21-4-8-25(33(42)45)30(24)28(20)21/h3-10,38-41H,1-2,11-19,36-37H2. The number of amides is 4. The van der Waals surface area contributed by atoms with E-state index in [4.69, 9.17) is 11.5 Å². The predicted molar refractivity (Wildman–Crippen MR) is 183 cm³/mol. The summed E-state index contributed by atoms with van der Waals surface area (Å²) in [5, 5.41) is 19.0. The third-order valence-corrected chi connectivity index (χ3v) is 9.24. The maximum absolute atomic E-state index is 13.8. The minimum absolute atomic E-state index is 0.0471. The lowest BCUT2D eigenvalue weighted by Crippen LogP contribution is -2.47. The number of benzene rings is 5. The van der Waals surface area contributed by atoms with E-state index in [9.17, 15) is 19.2 Å². The third-order valence-electron chi connectivity index (χ3n) is 9.24. The molecular formula is C35H38N8O4. The Morgan fingerprint density at radius 2 is 0.936 bits per heavy atom. The molecule has 0 bridgehead atoms. The van der Waals surface area contributed by atoms with E-state index in [0.29, 0.717) is 65.8 Å². The van der Waals surface area contributed by atoms with Gasteiger partial charge in [-0.1, -0.05) is 24.3 Å². The van der Waals surface area contributed by atoms with Crippen molar-refractivity contribution in [2.45, 2.75) is 12.8 Å². The fourth-order valence-electron chi connectivity index (χ4n) is 7.06. The van der Waals surface area contributed by atoms with E-state index in [1.54, 1.807) is 24.3 Å². The molecule has 2 aliphatic rings. The lowest BCUT2D eigenvalue weighted by molar-refractivity contribution is 0.0586. The first kappa shape index (κ1) is 31.1. The Bertz CT molecular complexity index is 1940. The molecule has 0 atom stereocenters. The number of hydrogen-bond acceptors (Lipinski definition) is 10. The van der Waals surface area contributed by atoms with Crippen LogP contribution in [0.1, 0.15) is 54.3 Å². The summed E-state index contributed by atoms with van der Waals surface area (Å²) >= 11 is 0. The van der Waals surface area contributed by atoms with Gasteiger partial charge in [0.25, 0.3) is 23.6 Å². The van der Waals surface area contributed by atoms with Crippen LogP contribution in [0.4, 0.5) is 0 Å². The monoisotopic (exact) mass is 634 g/mol. The van der Waals surface area contributed by atoms with Crippen LogP contribution in [0.3, 0.4) is 0 Å². The number of fused-ring (bicyclic) bond motifs is 2. The molecule has 2 heterocycles. The number of nitrogens with zero attached hydrogens (tertiary/aromatic N) is 2. The van der Waals surface area contributed by atoms with E-state index >= 15 is 0 Å². The molecule has 0 unspecified atom stereocenters. The van der Waals surface area contributed by atoms with Gasteiger partial charge in [-0.2, -0.15) is 0 Å². The molecule has 0 radical (unpaired) electrons. The first-order valence-corrected chi connectivity index (χ1v) is 16.1. The van der Waals surface area contributed by atoms with E-state index in [1.807, 2.05) is 24.3 Å². The highest BCUT2D eigenvalue weighted by atomic mass is 16.2. The maximum Gasteiger partial charge on any atom is 0.262 e. The molecule has 4 amide bonds. The quantitative estimate of drug-likeness (QED) is 0.0328. The average molecular weight is 635 g/mol. The summed E-state index contributed by atoms with van der Waals surface area (Å²) in [6.45, 7) is 4.85. The zero-order chi connectivity index (χ0) is 32.7. The van der Waals surface area contributed by atoms with Crippen molar-refractivity contribution < 1.29 is 19.2 Å². The summed E-state index contributed by atoms with van der Waals surface area (Å²) in [4.78, 5) is 57.3. The minimum atomic E-state index is -0.367. The molecule has 0 saturated carbocycles. The molecular weight excluding hydrogens is 596 g/mol. The van der Waals surface area contributed by atoms with Gasteiger partial charge in [0.1, 0.15) is 0 Å². The Morgan fingerprint density at radius 1 is 0.489 bits per heavy atom. The first-order chi connectivity index (χ1) is 23.0. The van der Waals surface area contributed by atoms with E-state index in [0.717, 1.165) is 58.4 Å². The Kier molecular flexibility index (Phi) is 8.53. The van der Waals surface area contributed by atoms with Gasteiger partial charge in [-0.25, -0.2) is 0 Å². The Labute approximate surface area is 271 Å². The van der Waals surface area contributed by atoms with Crippen LogP contribution in [0.5, 0.6) is 0 Å². The van der Waals surface area contributed by atoms with Crippen LogP contribution < -0.4 is 32.7 Å². The van der Waals surface area contributed by atoms with Crippen molar-refractivity contribution in [3.05, 3.63) is 70.8 Å². The van der Waals surface area contributed by atoms with Crippen LogP contribution in [0.25, 0.3) is 43.1 Å². The number of carbonyl (C=O) groups excluding carboxylic acids is 4. The second kappa shape index (κ2) is 12.9. The van der Waals surface area contributed by atoms with Crippen molar-refractivity contribution in [2.24, 2.45) is 11.5 Å². The zero-order valence-electron chi connectivity index (χ0n) is 26.1. The van der Waals surface area contributed by atoms with Crippen molar-refractivity contribution in [3.8, 4) is 0 Å². The van der Waals surface area contributed by atoms with E-state index in [2.05, 4.69) is 21.3 Å². The fourth-order valence-corrected chi connectivity index (χ4v) is 7.06. The first-order valence-electron chi connectivity index (χ1n) is 16.1. The summed E-state index contributed by atoms with van der Waals surface area (Å²) in [6.07, 6.45) is 1.58. The maximum atomic E-state index is 13.8. The van der Waals surface area contributed by atoms with E-state index in [1.165, 1.54) is 9.80 Å². The summed E-state index contributed by atoms with van der Waals surface area (Å²) in [5.41, 5.74) is 12.9. The van der Waals surface area contributed by atoms with Gasteiger partial charge in [-0.3, -0.25) is 39.6 Å². The molecule has 0 spiro atoms. The molecule has 12 heteroatoms. The van der Waals surface area contributed by atoms with Gasteiger partial charge in [-0.15, -0.1) is 0 Å². The largest absolute Gasteiger partial charge is 0.330 e. The molecule has 0 fully saturated rings. The molecule has 0 aliphatic carbocycles. The van der Waals surface area contributed by atoms with Crippen molar-refractivity contribution in [1.29, 1.82) is 0 Å². The predicted octanol–water partition coefficient (Wildman–Crippen LogP) is 1.86. The average Bonchev–Trinajstić information content (AvgIpc) is 3.09. The number of imide groups is 2. The van der Waals surface area contributed by atoms with Crippen molar-refractivity contribution >= 4 is 66.7 Å². The van der Waals surface area contributed by atoms with Crippen LogP contribution in [-0.4, -0.2) is 92.7 Å². The molecule has 0 aromatic heterocycles. The SMILES string of the molecule is NCCCNCCNCCCN1C(=O)c2ccc3c4ccc5c6c(ccc(c7ccc(c2c37)C1=O)c64)C(=O)N(CNCNCN)C5=O. The van der Waals surface area contributed by atoms with Gasteiger partial charge < -0.3 is 22.1 Å². The lowest BCUT2D eigenvalue weighted by atomic mass is 9.82. The van der Waals surface area contributed by atoms with E-state index in [-0.39, 0.29) is 37.0 Å². The van der Waals surface area contributed by atoms with Gasteiger partial charge in [-0.05, 0) is 89.1 Å². The van der Waals surface area contributed by atoms with Crippen LogP contribution in [-0.2, 0) is 0 Å². The molecule has 47 heavy (non-hydrogen) atoms. The number of nitrogens with one attached hydrogen (secondary N) is 4. The van der Waals surface area contributed by atoms with Crippen LogP contribution in [0.15, 0.2) is 48.5 Å². The molecule has 0 saturated heterocycles. The van der Waals surface area contributed by atoms with Crippen molar-refractivity contribution in [2.75, 3.05) is 59.3 Å². The second-order valence-corrected chi connectivity index (χ2v) is 12.0. The zero-order valence-corrected chi connectivity index (χ0v) is 26.1. The van der Waals surface area contributed by atoms with Crippen LogP contribution in [0.2, 0.25) is 0 Å². The molecule has 2 aliphatic heterocycles. The lowest BCUT2D eigenvalue weighted by Gasteiger charge is -2.30. The topological polar surface area (TPSA) is 175 Å². The van der Waals surface area contributed by atoms with Crippen LogP contribution in [0, 0.1) is 0 Å². The number of hydrogen-bond donors (Lipinski definition) is 6. The van der Waals surface area contributed by atoms with Gasteiger partial charge in [0.15, 0.2) is 0 Å². The second-order valence-electron chi connectivity index (χ2n) is 12.0. The van der Waals surface area contributed by atoms with Crippen molar-refractivity contribution in [3.63, 3.8) is 0 Å². The minimum Gasteiger partial charge on any atom is -0.330 e. The summed E-state index contributed by atoms with van der Waals surface area (Å²) < 4.78 is 0. The smallest absolute Gasteiger partial charge is 0.262 e. The van der Waals surface area contributed by atoms with Crippen molar-refractivity contribution in [1.82, 2.24) is 31.1 Å². The summed E-state index contributed by atoms with van der Waals surface area (Å²) in [5.74, 6) is -1.32. The highest BCUT2D eigenvalue weighted by Crippen LogP contribution is 2.46. The molecule has 8 N–H and O–H groups in total. The highest BCUT2D eigenvalue weighted by molar-refractivity contribution is 6.41. The molecule has 5 aromatic rings. The number of rotatable bonds is 15. The highest BCUT2D eigenvalue weighted by Gasteiger charge is 2.36. The summed E-state index contributed by atoms with van der Waals surface area (Å²) in [7, 11) is 0. The normalized spacial score (nSPS) is 14.7. The number of nitrogens with two attached hydrogens (primary N) is 2. The summed E-state index contributed by atoms with van der Waals surface area (Å²) in [6, 6.07) is 14.8. The number of carbonyl (C=O) groups is 4. The van der Waals surface area contributed by atoms with Gasteiger partial charge >= 0.3 is 0 Å². The molecule has 242 valence electrons. The van der Waals surface area contributed by atoms with E-state index < -0.39 is 0 Å². The fraction of sp³-hybridized carbons (Fsp3) is 0.314. The Morgan fingerprint density at radius 3 is 1.38 bits per heavy atom. The van der Waals surface area contributed by atoms with Gasteiger partial charge in [0.05, 0.1) is 6.67 Å². The van der Waals surface area contributed by atoms with Gasteiger partial charge in [0.2, 0.25) is 0 Å².